The number of carbonyl (C=O) groups is 1. The molecule has 2 rings (SSSR count). The summed E-state index contributed by atoms with van der Waals surface area (Å²) in [6.45, 7) is 2.39. The van der Waals surface area contributed by atoms with Crippen LogP contribution >= 0.6 is 11.3 Å². The lowest BCUT2D eigenvalue weighted by Crippen LogP contribution is -2.17. The van der Waals surface area contributed by atoms with Gasteiger partial charge in [0.25, 0.3) is 0 Å². The van der Waals surface area contributed by atoms with Gasteiger partial charge in [0.05, 0.1) is 12.6 Å². The zero-order valence-electron chi connectivity index (χ0n) is 10.7. The molecule has 100 valence electrons. The van der Waals surface area contributed by atoms with E-state index in [1.807, 2.05) is 6.92 Å². The van der Waals surface area contributed by atoms with Crippen molar-refractivity contribution in [2.24, 2.45) is 11.7 Å². The van der Waals surface area contributed by atoms with Gasteiger partial charge in [-0.25, -0.2) is 9.78 Å². The molecule has 1 fully saturated rings. The Kier molecular flexibility index (Phi) is 4.72. The van der Waals surface area contributed by atoms with E-state index in [0.717, 1.165) is 5.01 Å². The average molecular weight is 268 g/mol. The second-order valence-corrected chi connectivity index (χ2v) is 5.85. The molecule has 0 spiro atoms. The minimum absolute atomic E-state index is 0.130. The topological polar surface area (TPSA) is 65.2 Å². The van der Waals surface area contributed by atoms with Crippen LogP contribution in [0.25, 0.3) is 0 Å². The van der Waals surface area contributed by atoms with Gasteiger partial charge in [-0.15, -0.1) is 11.3 Å². The molecule has 0 aromatic carbocycles. The van der Waals surface area contributed by atoms with Crippen LogP contribution in [0.15, 0.2) is 5.38 Å². The van der Waals surface area contributed by atoms with Gasteiger partial charge in [0.15, 0.2) is 5.69 Å². The number of nitrogens with zero attached hydrogens (tertiary/aromatic N) is 1. The van der Waals surface area contributed by atoms with Gasteiger partial charge >= 0.3 is 5.97 Å². The fraction of sp³-hybridized carbons (Fsp3) is 0.692. The van der Waals surface area contributed by atoms with Crippen molar-refractivity contribution in [3.8, 4) is 0 Å². The molecule has 1 aliphatic rings. The van der Waals surface area contributed by atoms with Crippen molar-refractivity contribution in [3.05, 3.63) is 16.1 Å². The summed E-state index contributed by atoms with van der Waals surface area (Å²) < 4.78 is 5.33. The van der Waals surface area contributed by atoms with E-state index in [4.69, 9.17) is 10.5 Å². The molecule has 1 aliphatic carbocycles. The largest absolute Gasteiger partial charge is 0.461 e. The predicted octanol–water partition coefficient (Wildman–Crippen LogP) is 2.90. The highest BCUT2D eigenvalue weighted by molar-refractivity contribution is 7.09. The van der Waals surface area contributed by atoms with Crippen LogP contribution in [0.2, 0.25) is 0 Å². The molecule has 0 aliphatic heterocycles. The van der Waals surface area contributed by atoms with E-state index >= 15 is 0 Å². The van der Waals surface area contributed by atoms with Crippen LogP contribution in [-0.2, 0) is 4.74 Å². The Labute approximate surface area is 112 Å². The summed E-state index contributed by atoms with van der Waals surface area (Å²) in [6, 6.07) is -0.130. The third-order valence-electron chi connectivity index (χ3n) is 3.30. The number of esters is 1. The highest BCUT2D eigenvalue weighted by atomic mass is 32.1. The van der Waals surface area contributed by atoms with Crippen molar-refractivity contribution >= 4 is 17.3 Å². The zero-order valence-corrected chi connectivity index (χ0v) is 11.5. The van der Waals surface area contributed by atoms with Gasteiger partial charge in [0.2, 0.25) is 0 Å². The number of ether oxygens (including phenoxy) is 1. The first-order valence-electron chi connectivity index (χ1n) is 6.55. The minimum atomic E-state index is -0.316. The molecule has 0 radical (unpaired) electrons. The highest BCUT2D eigenvalue weighted by Gasteiger charge is 2.18. The highest BCUT2D eigenvalue weighted by Crippen LogP contribution is 2.24. The van der Waals surface area contributed by atoms with Gasteiger partial charge in [-0.1, -0.05) is 19.3 Å². The molecule has 1 aromatic heterocycles. The Morgan fingerprint density at radius 1 is 1.56 bits per heavy atom. The molecule has 1 saturated carbocycles. The van der Waals surface area contributed by atoms with Gasteiger partial charge in [0.1, 0.15) is 5.01 Å². The first kappa shape index (κ1) is 13.5. The van der Waals surface area contributed by atoms with E-state index in [1.165, 1.54) is 43.4 Å². The normalized spacial score (nSPS) is 18.6. The number of hydrogen-bond acceptors (Lipinski definition) is 5. The standard InChI is InChI=1S/C13H20N2O2S/c1-9(14)12-15-11(8-18-12)13(16)17-7-10-5-3-2-4-6-10/h8-10H,2-7,14H2,1H3. The smallest absolute Gasteiger partial charge is 0.357 e. The van der Waals surface area contributed by atoms with Crippen LogP contribution in [0.1, 0.15) is 60.6 Å². The lowest BCUT2D eigenvalue weighted by Gasteiger charge is -2.20. The van der Waals surface area contributed by atoms with E-state index in [0.29, 0.717) is 18.2 Å². The molecule has 18 heavy (non-hydrogen) atoms. The molecule has 2 N–H and O–H groups in total. The molecule has 1 heterocycles. The van der Waals surface area contributed by atoms with E-state index in [9.17, 15) is 4.79 Å². The molecule has 1 unspecified atom stereocenters. The summed E-state index contributed by atoms with van der Waals surface area (Å²) in [6.07, 6.45) is 6.18. The Morgan fingerprint density at radius 2 is 2.28 bits per heavy atom. The minimum Gasteiger partial charge on any atom is -0.461 e. The first-order chi connectivity index (χ1) is 8.66. The van der Waals surface area contributed by atoms with Gasteiger partial charge in [-0.05, 0) is 25.7 Å². The SMILES string of the molecule is CC(N)c1nc(C(=O)OCC2CCCCC2)cs1. The zero-order chi connectivity index (χ0) is 13.0. The van der Waals surface area contributed by atoms with Crippen LogP contribution in [0.3, 0.4) is 0 Å². The van der Waals surface area contributed by atoms with Crippen molar-refractivity contribution in [3.63, 3.8) is 0 Å². The second-order valence-electron chi connectivity index (χ2n) is 4.96. The summed E-state index contributed by atoms with van der Waals surface area (Å²) in [5, 5.41) is 2.50. The number of thiazole rings is 1. The Morgan fingerprint density at radius 3 is 2.89 bits per heavy atom. The number of carbonyl (C=O) groups excluding carboxylic acids is 1. The van der Waals surface area contributed by atoms with E-state index in [2.05, 4.69) is 4.98 Å². The van der Waals surface area contributed by atoms with E-state index < -0.39 is 0 Å². The molecule has 5 heteroatoms. The molecular formula is C13H20N2O2S. The van der Waals surface area contributed by atoms with Crippen LogP contribution in [0.4, 0.5) is 0 Å². The molecule has 0 amide bonds. The third kappa shape index (κ3) is 3.53. The average Bonchev–Trinajstić information content (AvgIpc) is 2.87. The summed E-state index contributed by atoms with van der Waals surface area (Å²) in [5.41, 5.74) is 6.11. The Bertz CT molecular complexity index is 397. The lowest BCUT2D eigenvalue weighted by molar-refractivity contribution is 0.0404. The van der Waals surface area contributed by atoms with Crippen molar-refractivity contribution in [1.29, 1.82) is 0 Å². The predicted molar refractivity (Wildman–Crippen MR) is 71.6 cm³/mol. The number of hydrogen-bond donors (Lipinski definition) is 1. The van der Waals surface area contributed by atoms with Crippen LogP contribution < -0.4 is 5.73 Å². The summed E-state index contributed by atoms with van der Waals surface area (Å²) >= 11 is 1.41. The first-order valence-corrected chi connectivity index (χ1v) is 7.43. The monoisotopic (exact) mass is 268 g/mol. The quantitative estimate of drug-likeness (QED) is 0.853. The number of aromatic nitrogens is 1. The fourth-order valence-corrected chi connectivity index (χ4v) is 2.96. The molecule has 1 aromatic rings. The number of rotatable bonds is 4. The van der Waals surface area contributed by atoms with Gasteiger partial charge in [-0.3, -0.25) is 0 Å². The van der Waals surface area contributed by atoms with Crippen LogP contribution in [0.5, 0.6) is 0 Å². The molecule has 4 nitrogen and oxygen atoms in total. The summed E-state index contributed by atoms with van der Waals surface area (Å²) in [7, 11) is 0. The van der Waals surface area contributed by atoms with Crippen LogP contribution in [0, 0.1) is 5.92 Å². The molecule has 1 atom stereocenters. The molecule has 0 bridgehead atoms. The second kappa shape index (κ2) is 6.29. The summed E-state index contributed by atoms with van der Waals surface area (Å²) in [4.78, 5) is 16.0. The molecular weight excluding hydrogens is 248 g/mol. The van der Waals surface area contributed by atoms with Crippen LogP contribution in [-0.4, -0.2) is 17.6 Å². The van der Waals surface area contributed by atoms with Gasteiger partial charge in [0, 0.05) is 5.38 Å². The maximum absolute atomic E-state index is 11.8. The Balaban J connectivity index is 1.83. The van der Waals surface area contributed by atoms with Crippen molar-refractivity contribution in [2.75, 3.05) is 6.61 Å². The van der Waals surface area contributed by atoms with Crippen molar-refractivity contribution < 1.29 is 9.53 Å². The molecule has 0 saturated heterocycles. The maximum Gasteiger partial charge on any atom is 0.357 e. The third-order valence-corrected chi connectivity index (χ3v) is 4.34. The summed E-state index contributed by atoms with van der Waals surface area (Å²) in [5.74, 6) is 0.220. The lowest BCUT2D eigenvalue weighted by atomic mass is 9.90. The van der Waals surface area contributed by atoms with Crippen molar-refractivity contribution in [1.82, 2.24) is 4.98 Å². The van der Waals surface area contributed by atoms with E-state index in [-0.39, 0.29) is 12.0 Å². The number of nitrogens with two attached hydrogens (primary N) is 1. The maximum atomic E-state index is 11.8. The fourth-order valence-electron chi connectivity index (χ4n) is 2.21. The van der Waals surface area contributed by atoms with Crippen molar-refractivity contribution in [2.45, 2.75) is 45.1 Å². The van der Waals surface area contributed by atoms with Gasteiger partial charge in [-0.2, -0.15) is 0 Å². The van der Waals surface area contributed by atoms with E-state index in [1.54, 1.807) is 5.38 Å². The Hall–Kier alpha value is -0.940. The van der Waals surface area contributed by atoms with Gasteiger partial charge < -0.3 is 10.5 Å².